The molecule has 5 nitrogen and oxygen atoms in total. The standard InChI is InChI=1S/C9H18N2O3S/c1-3-15(13,14)11-9(12)8-6-7(2)4-5-10-8/h7-8,10H,3-6H2,1-2H3,(H,11,12). The number of piperidine rings is 1. The van der Waals surface area contributed by atoms with E-state index in [1.165, 1.54) is 6.92 Å². The summed E-state index contributed by atoms with van der Waals surface area (Å²) in [6.07, 6.45) is 1.73. The minimum absolute atomic E-state index is 0.0684. The molecule has 1 amide bonds. The van der Waals surface area contributed by atoms with Gasteiger partial charge in [-0.3, -0.25) is 9.52 Å². The summed E-state index contributed by atoms with van der Waals surface area (Å²) in [4.78, 5) is 11.6. The third-order valence-electron chi connectivity index (χ3n) is 2.62. The summed E-state index contributed by atoms with van der Waals surface area (Å²) in [7, 11) is -3.43. The van der Waals surface area contributed by atoms with Crippen molar-refractivity contribution in [3.63, 3.8) is 0 Å². The van der Waals surface area contributed by atoms with Crippen LogP contribution in [0, 0.1) is 5.92 Å². The molecule has 1 rings (SSSR count). The second-order valence-corrected chi connectivity index (χ2v) is 6.02. The van der Waals surface area contributed by atoms with Crippen LogP contribution in [0.1, 0.15) is 26.7 Å². The highest BCUT2D eigenvalue weighted by Crippen LogP contribution is 2.15. The van der Waals surface area contributed by atoms with Crippen LogP contribution in [0.15, 0.2) is 0 Å². The van der Waals surface area contributed by atoms with Crippen molar-refractivity contribution in [1.29, 1.82) is 0 Å². The lowest BCUT2D eigenvalue weighted by Crippen LogP contribution is -2.50. The van der Waals surface area contributed by atoms with Crippen LogP contribution in [-0.4, -0.2) is 32.7 Å². The van der Waals surface area contributed by atoms with E-state index in [9.17, 15) is 13.2 Å². The maximum atomic E-state index is 11.6. The van der Waals surface area contributed by atoms with Crippen molar-refractivity contribution in [1.82, 2.24) is 10.0 Å². The molecule has 1 aliphatic rings. The van der Waals surface area contributed by atoms with E-state index in [2.05, 4.69) is 17.0 Å². The molecule has 6 heteroatoms. The van der Waals surface area contributed by atoms with E-state index < -0.39 is 15.9 Å². The number of hydrogen-bond donors (Lipinski definition) is 2. The number of amides is 1. The van der Waals surface area contributed by atoms with E-state index in [0.29, 0.717) is 12.3 Å². The van der Waals surface area contributed by atoms with Gasteiger partial charge in [-0.05, 0) is 32.2 Å². The van der Waals surface area contributed by atoms with Gasteiger partial charge in [0.1, 0.15) is 0 Å². The average Bonchev–Trinajstić information content (AvgIpc) is 2.17. The summed E-state index contributed by atoms with van der Waals surface area (Å²) in [6.45, 7) is 4.34. The van der Waals surface area contributed by atoms with Gasteiger partial charge in [0.05, 0.1) is 11.8 Å². The first-order chi connectivity index (χ1) is 6.94. The second kappa shape index (κ2) is 4.94. The molecule has 0 spiro atoms. The number of carbonyl (C=O) groups excluding carboxylic acids is 1. The lowest BCUT2D eigenvalue weighted by Gasteiger charge is -2.26. The molecule has 2 atom stereocenters. The summed E-state index contributed by atoms with van der Waals surface area (Å²) in [5.74, 6) is -0.0317. The first-order valence-corrected chi connectivity index (χ1v) is 6.87. The normalized spacial score (nSPS) is 27.3. The van der Waals surface area contributed by atoms with Crippen LogP contribution in [0.25, 0.3) is 0 Å². The van der Waals surface area contributed by atoms with Gasteiger partial charge in [-0.25, -0.2) is 8.42 Å². The maximum absolute atomic E-state index is 11.6. The summed E-state index contributed by atoms with van der Waals surface area (Å²) < 4.78 is 24.4. The van der Waals surface area contributed by atoms with Crippen molar-refractivity contribution < 1.29 is 13.2 Å². The zero-order valence-electron chi connectivity index (χ0n) is 9.12. The molecule has 0 saturated carbocycles. The summed E-state index contributed by atoms with van der Waals surface area (Å²) in [5, 5.41) is 3.02. The number of rotatable bonds is 3. The number of sulfonamides is 1. The molecular weight excluding hydrogens is 216 g/mol. The Kier molecular flexibility index (Phi) is 4.10. The molecule has 2 unspecified atom stereocenters. The van der Waals surface area contributed by atoms with E-state index >= 15 is 0 Å². The Labute approximate surface area is 90.7 Å². The SMILES string of the molecule is CCS(=O)(=O)NC(=O)C1CC(C)CCN1. The first-order valence-electron chi connectivity index (χ1n) is 5.22. The highest BCUT2D eigenvalue weighted by molar-refractivity contribution is 7.90. The third kappa shape index (κ3) is 3.79. The fourth-order valence-corrected chi connectivity index (χ4v) is 2.20. The van der Waals surface area contributed by atoms with Crippen LogP contribution in [-0.2, 0) is 14.8 Å². The highest BCUT2D eigenvalue weighted by Gasteiger charge is 2.26. The van der Waals surface area contributed by atoms with Gasteiger partial charge in [0, 0.05) is 0 Å². The molecule has 1 fully saturated rings. The minimum Gasteiger partial charge on any atom is -0.306 e. The topological polar surface area (TPSA) is 75.3 Å². The lowest BCUT2D eigenvalue weighted by atomic mass is 9.94. The van der Waals surface area contributed by atoms with Crippen LogP contribution in [0.5, 0.6) is 0 Å². The average molecular weight is 234 g/mol. The molecule has 0 radical (unpaired) electrons. The zero-order chi connectivity index (χ0) is 11.5. The zero-order valence-corrected chi connectivity index (χ0v) is 9.93. The van der Waals surface area contributed by atoms with Gasteiger partial charge in [0.15, 0.2) is 0 Å². The smallest absolute Gasteiger partial charge is 0.250 e. The predicted molar refractivity (Wildman–Crippen MR) is 57.8 cm³/mol. The minimum atomic E-state index is -3.43. The quantitative estimate of drug-likeness (QED) is 0.711. The molecule has 0 aromatic carbocycles. The van der Waals surface area contributed by atoms with Crippen molar-refractivity contribution in [3.8, 4) is 0 Å². The molecule has 88 valence electrons. The maximum Gasteiger partial charge on any atom is 0.250 e. The van der Waals surface area contributed by atoms with E-state index in [4.69, 9.17) is 0 Å². The number of nitrogens with one attached hydrogen (secondary N) is 2. The van der Waals surface area contributed by atoms with Crippen LogP contribution in [0.2, 0.25) is 0 Å². The molecule has 2 N–H and O–H groups in total. The van der Waals surface area contributed by atoms with Gasteiger partial charge >= 0.3 is 0 Å². The van der Waals surface area contributed by atoms with E-state index in [1.807, 2.05) is 0 Å². The molecular formula is C9H18N2O3S. The Hall–Kier alpha value is -0.620. The monoisotopic (exact) mass is 234 g/mol. The van der Waals surface area contributed by atoms with Crippen molar-refractivity contribution in [2.45, 2.75) is 32.7 Å². The first kappa shape index (κ1) is 12.4. The van der Waals surface area contributed by atoms with E-state index in [0.717, 1.165) is 13.0 Å². The molecule has 1 heterocycles. The summed E-state index contributed by atoms with van der Waals surface area (Å²) >= 11 is 0. The van der Waals surface area contributed by atoms with Gasteiger partial charge in [0.25, 0.3) is 5.91 Å². The Morgan fingerprint density at radius 2 is 2.20 bits per heavy atom. The van der Waals surface area contributed by atoms with Crippen molar-refractivity contribution in [2.24, 2.45) is 5.92 Å². The Morgan fingerprint density at radius 1 is 1.53 bits per heavy atom. The molecule has 1 saturated heterocycles. The second-order valence-electron chi connectivity index (χ2n) is 4.01. The Bertz CT molecular complexity index is 326. The van der Waals surface area contributed by atoms with Gasteiger partial charge in [-0.15, -0.1) is 0 Å². The van der Waals surface area contributed by atoms with Gasteiger partial charge < -0.3 is 5.32 Å². The summed E-state index contributed by atoms with van der Waals surface area (Å²) in [5.41, 5.74) is 0. The summed E-state index contributed by atoms with van der Waals surface area (Å²) in [6, 6.07) is -0.366. The van der Waals surface area contributed by atoms with Gasteiger partial charge in [0.2, 0.25) is 10.0 Å². The highest BCUT2D eigenvalue weighted by atomic mass is 32.2. The molecule has 0 aliphatic carbocycles. The molecule has 1 aliphatic heterocycles. The van der Waals surface area contributed by atoms with Crippen LogP contribution in [0.4, 0.5) is 0 Å². The predicted octanol–water partition coefficient (Wildman–Crippen LogP) is -0.160. The van der Waals surface area contributed by atoms with E-state index in [-0.39, 0.29) is 11.8 Å². The van der Waals surface area contributed by atoms with Crippen LogP contribution >= 0.6 is 0 Å². The molecule has 15 heavy (non-hydrogen) atoms. The third-order valence-corrected chi connectivity index (χ3v) is 3.89. The largest absolute Gasteiger partial charge is 0.306 e. The molecule has 0 aromatic rings. The molecule has 0 aromatic heterocycles. The number of hydrogen-bond acceptors (Lipinski definition) is 4. The Balaban J connectivity index is 2.53. The van der Waals surface area contributed by atoms with Crippen molar-refractivity contribution in [3.05, 3.63) is 0 Å². The number of carbonyl (C=O) groups is 1. The fraction of sp³-hybridized carbons (Fsp3) is 0.889. The van der Waals surface area contributed by atoms with E-state index in [1.54, 1.807) is 0 Å². The van der Waals surface area contributed by atoms with Gasteiger partial charge in [-0.2, -0.15) is 0 Å². The van der Waals surface area contributed by atoms with Crippen molar-refractivity contribution >= 4 is 15.9 Å². The van der Waals surface area contributed by atoms with Crippen LogP contribution < -0.4 is 10.0 Å². The Morgan fingerprint density at radius 3 is 2.73 bits per heavy atom. The fourth-order valence-electron chi connectivity index (χ4n) is 1.60. The molecule has 0 bridgehead atoms. The van der Waals surface area contributed by atoms with Crippen molar-refractivity contribution in [2.75, 3.05) is 12.3 Å². The lowest BCUT2D eigenvalue weighted by molar-refractivity contribution is -0.122. The van der Waals surface area contributed by atoms with Crippen LogP contribution in [0.3, 0.4) is 0 Å². The van der Waals surface area contributed by atoms with Gasteiger partial charge in [-0.1, -0.05) is 6.92 Å².